The number of imidazole rings is 1. The van der Waals surface area contributed by atoms with E-state index in [1.54, 1.807) is 6.20 Å². The van der Waals surface area contributed by atoms with E-state index in [9.17, 15) is 27.5 Å². The van der Waals surface area contributed by atoms with Crippen LogP contribution in [0.15, 0.2) is 12.4 Å². The van der Waals surface area contributed by atoms with E-state index in [-0.39, 0.29) is 49.1 Å². The maximum atomic E-state index is 14.3. The number of carbonyl (C=O) groups excluding carboxylic acids is 1. The molecule has 8 rings (SSSR count). The molecule has 3 heterocycles. The van der Waals surface area contributed by atoms with Crippen LogP contribution < -0.4 is 5.73 Å². The summed E-state index contributed by atoms with van der Waals surface area (Å²) in [6, 6.07) is -1.78. The van der Waals surface area contributed by atoms with Crippen LogP contribution in [0, 0.1) is 23.2 Å². The van der Waals surface area contributed by atoms with Crippen molar-refractivity contribution < 1.29 is 27.5 Å². The molecule has 1 aliphatic heterocycles. The number of nitrogens with two attached hydrogens (primary N) is 1. The van der Waals surface area contributed by atoms with E-state index in [0.29, 0.717) is 17.5 Å². The smallest absolute Gasteiger partial charge is 0.380 e. The van der Waals surface area contributed by atoms with Gasteiger partial charge in [-0.1, -0.05) is 0 Å². The molecule has 200 valence electrons. The third-order valence-corrected chi connectivity index (χ3v) is 9.56. The lowest BCUT2D eigenvalue weighted by Crippen LogP contribution is -2.71. The van der Waals surface area contributed by atoms with Gasteiger partial charge in [0, 0.05) is 25.6 Å². The number of fused-ring (bicyclic) bond motifs is 1. The van der Waals surface area contributed by atoms with Crippen molar-refractivity contribution in [3.63, 3.8) is 0 Å². The van der Waals surface area contributed by atoms with Crippen molar-refractivity contribution in [2.75, 3.05) is 6.54 Å². The minimum absolute atomic E-state index is 0.0916. The van der Waals surface area contributed by atoms with Crippen molar-refractivity contribution in [3.05, 3.63) is 23.8 Å². The number of carbonyl (C=O) groups is 1. The van der Waals surface area contributed by atoms with Gasteiger partial charge < -0.3 is 15.7 Å². The SMILES string of the molecule is N[C@H](c1nn2ccnc2nc1[C@@H]1C[C@@](O)(C(F)(F)F)CCN1C(=O)C12CC(F)(C1)C2)C(C1CC1)C1CC1. The van der Waals surface area contributed by atoms with Crippen LogP contribution in [0.5, 0.6) is 0 Å². The van der Waals surface area contributed by atoms with Gasteiger partial charge in [-0.15, -0.1) is 0 Å². The zero-order valence-corrected chi connectivity index (χ0v) is 20.3. The Balaban J connectivity index is 1.33. The van der Waals surface area contributed by atoms with Crippen LogP contribution >= 0.6 is 0 Å². The third-order valence-electron chi connectivity index (χ3n) is 9.56. The van der Waals surface area contributed by atoms with Crippen LogP contribution in [0.25, 0.3) is 5.78 Å². The second-order valence-corrected chi connectivity index (χ2v) is 12.3. The molecule has 5 aliphatic carbocycles. The first-order valence-corrected chi connectivity index (χ1v) is 13.2. The molecule has 1 amide bonds. The highest BCUT2D eigenvalue weighted by atomic mass is 19.4. The second-order valence-electron chi connectivity index (χ2n) is 12.3. The molecule has 2 aromatic heterocycles. The van der Waals surface area contributed by atoms with Gasteiger partial charge in [-0.25, -0.2) is 18.9 Å². The molecule has 0 unspecified atom stereocenters. The molecule has 0 aromatic carbocycles. The first kappa shape index (κ1) is 23.8. The quantitative estimate of drug-likeness (QED) is 0.563. The van der Waals surface area contributed by atoms with Crippen molar-refractivity contribution in [2.45, 2.75) is 87.3 Å². The lowest BCUT2D eigenvalue weighted by atomic mass is 9.41. The van der Waals surface area contributed by atoms with Gasteiger partial charge in [-0.3, -0.25) is 4.79 Å². The Morgan fingerprint density at radius 1 is 1.16 bits per heavy atom. The van der Waals surface area contributed by atoms with Crippen LogP contribution in [0.3, 0.4) is 0 Å². The van der Waals surface area contributed by atoms with E-state index >= 15 is 0 Å². The predicted molar refractivity (Wildman–Crippen MR) is 121 cm³/mol. The highest BCUT2D eigenvalue weighted by Gasteiger charge is 2.74. The van der Waals surface area contributed by atoms with Crippen molar-refractivity contribution in [1.29, 1.82) is 0 Å². The van der Waals surface area contributed by atoms with Gasteiger partial charge in [0.2, 0.25) is 5.91 Å². The van der Waals surface area contributed by atoms with E-state index in [4.69, 9.17) is 5.73 Å². The van der Waals surface area contributed by atoms with Crippen LogP contribution in [-0.4, -0.2) is 59.5 Å². The maximum absolute atomic E-state index is 14.3. The molecule has 1 saturated heterocycles. The van der Waals surface area contributed by atoms with Crippen LogP contribution in [-0.2, 0) is 4.79 Å². The molecule has 6 fully saturated rings. The van der Waals surface area contributed by atoms with Crippen molar-refractivity contribution in [1.82, 2.24) is 24.5 Å². The number of aliphatic hydroxyl groups is 1. The summed E-state index contributed by atoms with van der Waals surface area (Å²) in [5.41, 5.74) is 2.14. The Labute approximate surface area is 210 Å². The molecule has 37 heavy (non-hydrogen) atoms. The molecule has 8 nitrogen and oxygen atoms in total. The van der Waals surface area contributed by atoms with E-state index in [2.05, 4.69) is 15.1 Å². The predicted octanol–water partition coefficient (Wildman–Crippen LogP) is 3.41. The Kier molecular flexibility index (Phi) is 4.75. The fraction of sp³-hybridized carbons (Fsp3) is 0.760. The summed E-state index contributed by atoms with van der Waals surface area (Å²) in [6.07, 6.45) is 1.27. The summed E-state index contributed by atoms with van der Waals surface area (Å²) in [4.78, 5) is 23.9. The Bertz CT molecular complexity index is 1240. The first-order chi connectivity index (χ1) is 17.4. The van der Waals surface area contributed by atoms with E-state index in [0.717, 1.165) is 25.7 Å². The maximum Gasteiger partial charge on any atom is 0.417 e. The zero-order chi connectivity index (χ0) is 26.0. The van der Waals surface area contributed by atoms with Gasteiger partial charge in [0.25, 0.3) is 5.78 Å². The molecule has 0 radical (unpaired) electrons. The highest BCUT2D eigenvalue weighted by molar-refractivity contribution is 5.87. The number of halogens is 4. The van der Waals surface area contributed by atoms with E-state index in [1.807, 2.05) is 0 Å². The number of rotatable bonds is 6. The molecule has 3 atom stereocenters. The van der Waals surface area contributed by atoms with Gasteiger partial charge in [-0.2, -0.15) is 18.3 Å². The summed E-state index contributed by atoms with van der Waals surface area (Å²) < 4.78 is 57.9. The summed E-state index contributed by atoms with van der Waals surface area (Å²) >= 11 is 0. The average molecular weight is 523 g/mol. The molecule has 5 saturated carbocycles. The second kappa shape index (κ2) is 7.40. The topological polar surface area (TPSA) is 110 Å². The molecule has 2 aromatic rings. The number of hydrogen-bond acceptors (Lipinski definition) is 6. The van der Waals surface area contributed by atoms with Gasteiger partial charge in [0.15, 0.2) is 5.60 Å². The number of likely N-dealkylation sites (tertiary alicyclic amines) is 1. The lowest BCUT2D eigenvalue weighted by Gasteiger charge is -2.65. The number of amides is 1. The molecule has 6 aliphatic rings. The van der Waals surface area contributed by atoms with Crippen molar-refractivity contribution in [2.24, 2.45) is 28.9 Å². The normalized spacial score (nSPS) is 36.4. The Morgan fingerprint density at radius 3 is 2.38 bits per heavy atom. The van der Waals surface area contributed by atoms with E-state index in [1.165, 1.54) is 15.6 Å². The molecule has 3 N–H and O–H groups in total. The summed E-state index contributed by atoms with van der Waals surface area (Å²) in [5.74, 6) is 0.822. The highest BCUT2D eigenvalue weighted by Crippen LogP contribution is 2.70. The number of nitrogens with zero attached hydrogens (tertiary/aromatic N) is 5. The van der Waals surface area contributed by atoms with E-state index < -0.39 is 47.8 Å². The minimum atomic E-state index is -4.89. The summed E-state index contributed by atoms with van der Waals surface area (Å²) in [5, 5.41) is 15.4. The molecule has 12 heteroatoms. The fourth-order valence-electron chi connectivity index (χ4n) is 7.31. The fourth-order valence-corrected chi connectivity index (χ4v) is 7.31. The third kappa shape index (κ3) is 3.54. The lowest BCUT2D eigenvalue weighted by molar-refractivity contribution is -0.280. The number of piperidine rings is 1. The number of aromatic nitrogens is 4. The van der Waals surface area contributed by atoms with Gasteiger partial charge >= 0.3 is 6.18 Å². The molecule has 0 spiro atoms. The van der Waals surface area contributed by atoms with Gasteiger partial charge in [0.1, 0.15) is 11.4 Å². The van der Waals surface area contributed by atoms with Crippen molar-refractivity contribution in [3.8, 4) is 0 Å². The van der Waals surface area contributed by atoms with Gasteiger partial charge in [0.05, 0.1) is 29.4 Å². The zero-order valence-electron chi connectivity index (χ0n) is 20.3. The number of hydrogen-bond donors (Lipinski definition) is 2. The molecular weight excluding hydrogens is 492 g/mol. The first-order valence-electron chi connectivity index (χ1n) is 13.2. The largest absolute Gasteiger partial charge is 0.417 e. The monoisotopic (exact) mass is 522 g/mol. The summed E-state index contributed by atoms with van der Waals surface area (Å²) in [7, 11) is 0. The van der Waals surface area contributed by atoms with Gasteiger partial charge in [-0.05, 0) is 62.7 Å². The van der Waals surface area contributed by atoms with Crippen molar-refractivity contribution >= 4 is 11.7 Å². The average Bonchev–Trinajstić information content (AvgIpc) is 3.74. The molecule has 2 bridgehead atoms. The van der Waals surface area contributed by atoms with Crippen LogP contribution in [0.2, 0.25) is 0 Å². The van der Waals surface area contributed by atoms with Crippen LogP contribution in [0.1, 0.15) is 81.3 Å². The van der Waals surface area contributed by atoms with Crippen LogP contribution in [0.4, 0.5) is 17.6 Å². The molecular formula is C25H30F4N6O2. The Morgan fingerprint density at radius 2 is 1.81 bits per heavy atom. The standard InChI is InChI=1S/C25H30F4N6O2/c26-23-10-22(11-23,12-23)20(36)34-7-5-24(37,25(27,28)29)9-15(34)18-19(33-35-8-6-31-21(35)32-18)17(30)16(13-1-2-13)14-3-4-14/h6,8,13-17,37H,1-5,7,9-12,30H2/t15-,17-,22?,23?,24+/m0/s1. The Hall–Kier alpha value is -2.34. The minimum Gasteiger partial charge on any atom is -0.380 e. The number of alkyl halides is 4. The summed E-state index contributed by atoms with van der Waals surface area (Å²) in [6.45, 7) is -0.314.